The lowest BCUT2D eigenvalue weighted by atomic mass is 9.81. The summed E-state index contributed by atoms with van der Waals surface area (Å²) >= 11 is 10.8. The summed E-state index contributed by atoms with van der Waals surface area (Å²) in [6.07, 6.45) is 1.82. The van der Waals surface area contributed by atoms with Crippen LogP contribution in [0.4, 0.5) is 5.69 Å². The molecule has 5 nitrogen and oxygen atoms in total. The summed E-state index contributed by atoms with van der Waals surface area (Å²) in [6, 6.07) is 5.72. The summed E-state index contributed by atoms with van der Waals surface area (Å²) in [4.78, 5) is 40.0. The van der Waals surface area contributed by atoms with Crippen LogP contribution in [0, 0.1) is 23.7 Å². The molecule has 2 saturated carbocycles. The zero-order chi connectivity index (χ0) is 20.2. The summed E-state index contributed by atoms with van der Waals surface area (Å²) in [5.74, 6) is -0.439. The number of alkyl halides is 2. The molecule has 1 aromatic carbocycles. The number of rotatable bonds is 5. The minimum Gasteiger partial charge on any atom is -0.326 e. The fraction of sp³-hybridized carbons (Fsp3) is 0.550. The molecule has 3 fully saturated rings. The van der Waals surface area contributed by atoms with Crippen molar-refractivity contribution >= 4 is 71.2 Å². The smallest absolute Gasteiger partial charge is 0.233 e. The first kappa shape index (κ1) is 20.5. The van der Waals surface area contributed by atoms with Gasteiger partial charge in [0.2, 0.25) is 17.7 Å². The first-order chi connectivity index (χ1) is 13.3. The Morgan fingerprint density at radius 3 is 2.32 bits per heavy atom. The number of likely N-dealkylation sites (tertiary alicyclic amines) is 1. The van der Waals surface area contributed by atoms with Gasteiger partial charge in [0.05, 0.1) is 11.8 Å². The topological polar surface area (TPSA) is 66.5 Å². The van der Waals surface area contributed by atoms with E-state index in [2.05, 4.69) is 53.1 Å². The van der Waals surface area contributed by atoms with Crippen LogP contribution >= 0.6 is 47.8 Å². The summed E-state index contributed by atoms with van der Waals surface area (Å²) in [6.45, 7) is 2.17. The molecule has 2 bridgehead atoms. The van der Waals surface area contributed by atoms with Crippen LogP contribution in [0.25, 0.3) is 0 Å². The van der Waals surface area contributed by atoms with Crippen LogP contribution in [0.15, 0.2) is 22.7 Å². The maximum atomic E-state index is 12.9. The Morgan fingerprint density at radius 2 is 1.75 bits per heavy atom. The molecule has 1 aliphatic heterocycles. The van der Waals surface area contributed by atoms with Crippen molar-refractivity contribution in [2.24, 2.45) is 23.7 Å². The predicted octanol–water partition coefficient (Wildman–Crippen LogP) is 4.12. The number of nitrogens with one attached hydrogen (secondary N) is 1. The van der Waals surface area contributed by atoms with Crippen LogP contribution in [-0.2, 0) is 20.8 Å². The Balaban J connectivity index is 1.40. The normalized spacial score (nSPS) is 33.5. The molecule has 1 saturated heterocycles. The predicted molar refractivity (Wildman–Crippen MR) is 117 cm³/mol. The fourth-order valence-corrected chi connectivity index (χ4v) is 7.32. The third kappa shape index (κ3) is 3.29. The minimum atomic E-state index is -0.225. The number of fused-ring (bicyclic) bond motifs is 5. The Hall–Kier alpha value is -0.730. The number of anilines is 1. The highest BCUT2D eigenvalue weighted by Crippen LogP contribution is 2.60. The highest BCUT2D eigenvalue weighted by molar-refractivity contribution is 9.12. The van der Waals surface area contributed by atoms with Crippen molar-refractivity contribution in [3.05, 3.63) is 28.2 Å². The van der Waals surface area contributed by atoms with E-state index in [1.807, 2.05) is 25.1 Å². The molecule has 0 unspecified atom stereocenters. The third-order valence-corrected chi connectivity index (χ3v) is 10.1. The summed E-state index contributed by atoms with van der Waals surface area (Å²) in [5, 5.41) is 2.91. The Bertz CT molecular complexity index is 814. The van der Waals surface area contributed by atoms with Crippen LogP contribution < -0.4 is 5.32 Å². The van der Waals surface area contributed by atoms with Gasteiger partial charge in [-0.25, -0.2) is 0 Å². The average molecular weight is 577 g/mol. The second-order valence-electron chi connectivity index (χ2n) is 7.79. The largest absolute Gasteiger partial charge is 0.326 e. The SMILES string of the molecule is CCc1cc(Br)ccc1NC(=O)CCN1C(=O)[C@@H]2[C@H]3C[C@@H]([C@@H](Br)[C@H]3Br)[C@H]2C1=O. The molecule has 0 spiro atoms. The number of aryl methyl sites for hydroxylation is 1. The van der Waals surface area contributed by atoms with E-state index < -0.39 is 0 Å². The van der Waals surface area contributed by atoms with E-state index in [9.17, 15) is 14.4 Å². The minimum absolute atomic E-state index is 0.1000. The second-order valence-corrected chi connectivity index (χ2v) is 10.8. The molecule has 4 rings (SSSR count). The molecule has 0 radical (unpaired) electrons. The van der Waals surface area contributed by atoms with Gasteiger partial charge in [-0.15, -0.1) is 0 Å². The maximum absolute atomic E-state index is 12.9. The van der Waals surface area contributed by atoms with Crippen molar-refractivity contribution in [2.45, 2.75) is 35.8 Å². The van der Waals surface area contributed by atoms with Gasteiger partial charge in [-0.2, -0.15) is 0 Å². The van der Waals surface area contributed by atoms with E-state index in [1.54, 1.807) is 0 Å². The molecular weight excluding hydrogens is 556 g/mol. The van der Waals surface area contributed by atoms with Crippen molar-refractivity contribution in [2.75, 3.05) is 11.9 Å². The average Bonchev–Trinajstić information content (AvgIpc) is 3.27. The summed E-state index contributed by atoms with van der Waals surface area (Å²) < 4.78 is 0.965. The number of imide groups is 1. The molecule has 28 heavy (non-hydrogen) atoms. The highest BCUT2D eigenvalue weighted by Gasteiger charge is 2.66. The van der Waals surface area contributed by atoms with E-state index in [0.29, 0.717) is 0 Å². The number of halogens is 3. The van der Waals surface area contributed by atoms with Crippen molar-refractivity contribution in [3.8, 4) is 0 Å². The van der Waals surface area contributed by atoms with E-state index >= 15 is 0 Å². The molecule has 6 atom stereocenters. The van der Waals surface area contributed by atoms with Gasteiger partial charge in [-0.1, -0.05) is 54.7 Å². The van der Waals surface area contributed by atoms with Gasteiger partial charge in [0.15, 0.2) is 0 Å². The Kier molecular flexibility index (Phi) is 5.75. The fourth-order valence-electron chi connectivity index (χ4n) is 5.03. The van der Waals surface area contributed by atoms with Crippen molar-refractivity contribution in [1.29, 1.82) is 0 Å². The number of benzene rings is 1. The van der Waals surface area contributed by atoms with E-state index in [4.69, 9.17) is 0 Å². The lowest BCUT2D eigenvalue weighted by molar-refractivity contribution is -0.140. The summed E-state index contributed by atoms with van der Waals surface area (Å²) in [5.41, 5.74) is 1.81. The molecule has 1 heterocycles. The van der Waals surface area contributed by atoms with Crippen molar-refractivity contribution < 1.29 is 14.4 Å². The molecule has 8 heteroatoms. The molecule has 1 aromatic rings. The van der Waals surface area contributed by atoms with Crippen molar-refractivity contribution in [3.63, 3.8) is 0 Å². The van der Waals surface area contributed by atoms with Crippen LogP contribution in [0.5, 0.6) is 0 Å². The molecule has 0 aromatic heterocycles. The quantitative estimate of drug-likeness (QED) is 0.424. The Morgan fingerprint density at radius 1 is 1.14 bits per heavy atom. The number of amides is 3. The number of hydrogen-bond donors (Lipinski definition) is 1. The second kappa shape index (κ2) is 7.84. The number of carbonyl (C=O) groups excluding carboxylic acids is 3. The highest BCUT2D eigenvalue weighted by atomic mass is 79.9. The number of hydrogen-bond acceptors (Lipinski definition) is 3. The molecule has 150 valence electrons. The van der Waals surface area contributed by atoms with Gasteiger partial charge in [0, 0.05) is 32.8 Å². The lowest BCUT2D eigenvalue weighted by Crippen LogP contribution is -2.37. The zero-order valence-corrected chi connectivity index (χ0v) is 20.1. The first-order valence-electron chi connectivity index (χ1n) is 9.55. The monoisotopic (exact) mass is 574 g/mol. The molecular formula is C20H21Br3N2O3. The standard InChI is InChI=1S/C20H21Br3N2O3/c1-2-9-7-10(21)3-4-13(9)24-14(26)5-6-25-19(27)15-11-8-12(16(15)20(25)28)18(23)17(11)22/h3-4,7,11-12,15-18H,2,5-6,8H2,1H3,(H,24,26)/t11-,12-,15-,16-,17-,18+/m1/s1. The van der Waals surface area contributed by atoms with Crippen LogP contribution in [0.2, 0.25) is 0 Å². The summed E-state index contributed by atoms with van der Waals surface area (Å²) in [7, 11) is 0. The van der Waals surface area contributed by atoms with E-state index in [-0.39, 0.29) is 64.0 Å². The van der Waals surface area contributed by atoms with Gasteiger partial charge >= 0.3 is 0 Å². The Labute approximate surface area is 189 Å². The number of nitrogens with zero attached hydrogens (tertiary/aromatic N) is 1. The molecule has 2 aliphatic carbocycles. The third-order valence-electron chi connectivity index (χ3n) is 6.36. The first-order valence-corrected chi connectivity index (χ1v) is 12.2. The van der Waals surface area contributed by atoms with Gasteiger partial charge in [-0.05, 0) is 48.4 Å². The van der Waals surface area contributed by atoms with Gasteiger partial charge in [0.25, 0.3) is 0 Å². The maximum Gasteiger partial charge on any atom is 0.233 e. The van der Waals surface area contributed by atoms with Crippen LogP contribution in [0.1, 0.15) is 25.3 Å². The van der Waals surface area contributed by atoms with Crippen LogP contribution in [-0.4, -0.2) is 38.8 Å². The molecule has 3 amide bonds. The molecule has 1 N–H and O–H groups in total. The van der Waals surface area contributed by atoms with Gasteiger partial charge in [0.1, 0.15) is 0 Å². The van der Waals surface area contributed by atoms with Gasteiger partial charge in [-0.3, -0.25) is 19.3 Å². The zero-order valence-electron chi connectivity index (χ0n) is 15.3. The lowest BCUT2D eigenvalue weighted by Gasteiger charge is -2.28. The van der Waals surface area contributed by atoms with Gasteiger partial charge < -0.3 is 5.32 Å². The van der Waals surface area contributed by atoms with Crippen LogP contribution in [0.3, 0.4) is 0 Å². The van der Waals surface area contributed by atoms with Crippen molar-refractivity contribution in [1.82, 2.24) is 4.90 Å². The van der Waals surface area contributed by atoms with E-state index in [0.717, 1.165) is 28.6 Å². The van der Waals surface area contributed by atoms with E-state index in [1.165, 1.54) is 4.90 Å². The molecule has 3 aliphatic rings. The number of carbonyl (C=O) groups is 3.